The second kappa shape index (κ2) is 10.6. The van der Waals surface area contributed by atoms with Crippen LogP contribution in [0, 0.1) is 17.6 Å². The van der Waals surface area contributed by atoms with Crippen molar-refractivity contribution >= 4 is 16.0 Å². The van der Waals surface area contributed by atoms with Crippen molar-refractivity contribution < 1.29 is 17.2 Å². The molecule has 40 heavy (non-hydrogen) atoms. The highest BCUT2D eigenvalue weighted by Gasteiger charge is 2.46. The zero-order chi connectivity index (χ0) is 28.7. The first kappa shape index (κ1) is 27.6. The van der Waals surface area contributed by atoms with Gasteiger partial charge in [-0.25, -0.2) is 32.2 Å². The maximum Gasteiger partial charge on any atom is 0.236 e. The molecule has 3 heterocycles. The Labute approximate surface area is 231 Å². The molecule has 0 saturated heterocycles. The molecule has 0 unspecified atom stereocenters. The minimum atomic E-state index is -3.51. The quantitative estimate of drug-likeness (QED) is 0.322. The number of anilines is 1. The summed E-state index contributed by atoms with van der Waals surface area (Å²) in [5, 5.41) is 8.89. The Bertz CT molecular complexity index is 1650. The molecule has 0 fully saturated rings. The minimum Gasteiger partial charge on any atom is -0.261 e. The molecule has 0 spiro atoms. The van der Waals surface area contributed by atoms with Gasteiger partial charge in [0.25, 0.3) is 0 Å². The molecule has 0 amide bonds. The second-order valence-electron chi connectivity index (χ2n) is 10.3. The number of nitrogens with zero attached hydrogens (tertiary/aromatic N) is 6. The van der Waals surface area contributed by atoms with E-state index in [2.05, 4.69) is 50.6 Å². The molecule has 1 aromatic carbocycles. The van der Waals surface area contributed by atoms with Gasteiger partial charge in [-0.3, -0.25) is 9.71 Å². The topological polar surface area (TPSA) is 124 Å². The number of hydrogen-bond acceptors (Lipinski definition) is 8. The zero-order valence-electron chi connectivity index (χ0n) is 22.6. The molecule has 0 aliphatic heterocycles. The van der Waals surface area contributed by atoms with Crippen LogP contribution >= 0.6 is 0 Å². The Kier molecular flexibility index (Phi) is 7.30. The number of hydrogen-bond donors (Lipinski definition) is 1. The molecule has 5 rings (SSSR count). The number of halogens is 2. The average Bonchev–Trinajstić information content (AvgIpc) is 2.94. The van der Waals surface area contributed by atoms with Gasteiger partial charge in [-0.2, -0.15) is 5.10 Å². The van der Waals surface area contributed by atoms with Crippen LogP contribution in [0.4, 0.5) is 14.7 Å². The molecular formula is C28H29F2N7O2S. The van der Waals surface area contributed by atoms with E-state index in [1.165, 1.54) is 37.5 Å². The Morgan fingerprint density at radius 2 is 1.75 bits per heavy atom. The van der Waals surface area contributed by atoms with Crippen LogP contribution in [0.15, 0.2) is 49.1 Å². The van der Waals surface area contributed by atoms with E-state index < -0.39 is 27.1 Å². The normalized spacial score (nSPS) is 18.9. The molecule has 208 valence electrons. The third-order valence-corrected chi connectivity index (χ3v) is 8.87. The van der Waals surface area contributed by atoms with Gasteiger partial charge in [-0.05, 0) is 55.4 Å². The predicted molar refractivity (Wildman–Crippen MR) is 147 cm³/mol. The minimum absolute atomic E-state index is 0.0269. The summed E-state index contributed by atoms with van der Waals surface area (Å²) in [7, 11) is -3.51. The highest BCUT2D eigenvalue weighted by atomic mass is 32.2. The molecule has 1 aliphatic carbocycles. The summed E-state index contributed by atoms with van der Waals surface area (Å²) in [6.45, 7) is 7.76. The van der Waals surface area contributed by atoms with Gasteiger partial charge >= 0.3 is 0 Å². The summed E-state index contributed by atoms with van der Waals surface area (Å²) < 4.78 is 55.1. The monoisotopic (exact) mass is 565 g/mol. The van der Waals surface area contributed by atoms with Gasteiger partial charge in [0.1, 0.15) is 11.6 Å². The van der Waals surface area contributed by atoms with Gasteiger partial charge < -0.3 is 0 Å². The summed E-state index contributed by atoms with van der Waals surface area (Å²) in [4.78, 5) is 17.7. The Morgan fingerprint density at radius 3 is 2.40 bits per heavy atom. The Hall–Kier alpha value is -3.93. The van der Waals surface area contributed by atoms with Crippen molar-refractivity contribution in [2.45, 2.75) is 51.9 Å². The maximum atomic E-state index is 14.6. The van der Waals surface area contributed by atoms with Crippen molar-refractivity contribution in [2.75, 3.05) is 10.5 Å². The van der Waals surface area contributed by atoms with Crippen molar-refractivity contribution in [1.29, 1.82) is 0 Å². The van der Waals surface area contributed by atoms with Gasteiger partial charge in [0.2, 0.25) is 16.0 Å². The fourth-order valence-corrected chi connectivity index (χ4v) is 5.79. The van der Waals surface area contributed by atoms with Crippen molar-refractivity contribution in [3.05, 3.63) is 77.6 Å². The fraction of sp³-hybridized carbons (Fsp3) is 0.357. The molecule has 12 heteroatoms. The van der Waals surface area contributed by atoms with E-state index in [9.17, 15) is 17.2 Å². The second-order valence-corrected chi connectivity index (χ2v) is 12.3. The number of aromatic nitrogens is 6. The van der Waals surface area contributed by atoms with E-state index in [0.717, 1.165) is 18.4 Å². The third-order valence-electron chi connectivity index (χ3n) is 7.62. The SMILES string of the molecule is CCS(=O)(=O)Nc1ncc(-c2cncc([C@@]3(C(C)C)CC[C@H](C)c4cc(-c5c(F)cccc5F)nnc43)n2)cn1. The number of benzene rings is 1. The van der Waals surface area contributed by atoms with Crippen LogP contribution in [0.25, 0.3) is 22.5 Å². The molecule has 0 bridgehead atoms. The van der Waals surface area contributed by atoms with E-state index in [-0.39, 0.29) is 34.8 Å². The fourth-order valence-electron chi connectivity index (χ4n) is 5.26. The molecule has 3 aromatic heterocycles. The molecule has 2 atom stereocenters. The van der Waals surface area contributed by atoms with E-state index in [1.807, 2.05) is 0 Å². The third kappa shape index (κ3) is 4.91. The zero-order valence-corrected chi connectivity index (χ0v) is 23.4. The molecule has 0 radical (unpaired) electrons. The summed E-state index contributed by atoms with van der Waals surface area (Å²) in [6, 6.07) is 5.47. The maximum absolute atomic E-state index is 14.6. The summed E-state index contributed by atoms with van der Waals surface area (Å²) >= 11 is 0. The van der Waals surface area contributed by atoms with E-state index >= 15 is 0 Å². The van der Waals surface area contributed by atoms with Crippen LogP contribution in [-0.4, -0.2) is 44.3 Å². The molecule has 1 aliphatic rings. The van der Waals surface area contributed by atoms with Gasteiger partial charge in [-0.1, -0.05) is 26.8 Å². The Balaban J connectivity index is 1.58. The number of rotatable bonds is 7. The first-order valence-corrected chi connectivity index (χ1v) is 14.7. The van der Waals surface area contributed by atoms with Gasteiger partial charge in [-0.15, -0.1) is 5.10 Å². The van der Waals surface area contributed by atoms with Crippen molar-refractivity contribution in [3.8, 4) is 22.5 Å². The smallest absolute Gasteiger partial charge is 0.236 e. The van der Waals surface area contributed by atoms with Crippen LogP contribution in [0.1, 0.15) is 63.4 Å². The van der Waals surface area contributed by atoms with Gasteiger partial charge in [0, 0.05) is 24.2 Å². The highest BCUT2D eigenvalue weighted by molar-refractivity contribution is 7.92. The lowest BCUT2D eigenvalue weighted by molar-refractivity contribution is 0.286. The summed E-state index contributed by atoms with van der Waals surface area (Å²) in [5.74, 6) is -1.38. The molecule has 9 nitrogen and oxygen atoms in total. The Morgan fingerprint density at radius 1 is 1.05 bits per heavy atom. The number of nitrogens with one attached hydrogen (secondary N) is 1. The first-order chi connectivity index (χ1) is 19.1. The standard InChI is InChI=1S/C28H29F2N7O2S/c1-5-40(38,39)37-27-32-12-18(13-33-27)23-14-31-15-24(34-23)28(16(2)3)10-9-17(4)19-11-22(35-36-26(19)28)25-20(29)7-6-8-21(25)30/h6-8,11-17H,5,9-10H2,1-4H3,(H,32,33,37)/t17-,28-/m0/s1. The predicted octanol–water partition coefficient (Wildman–Crippen LogP) is 5.27. The lowest BCUT2D eigenvalue weighted by Crippen LogP contribution is -2.40. The van der Waals surface area contributed by atoms with Crippen LogP contribution in [0.2, 0.25) is 0 Å². The van der Waals surface area contributed by atoms with Crippen LogP contribution < -0.4 is 4.72 Å². The number of fused-ring (bicyclic) bond motifs is 1. The van der Waals surface area contributed by atoms with Crippen LogP contribution in [0.5, 0.6) is 0 Å². The van der Waals surface area contributed by atoms with Crippen molar-refractivity contribution in [3.63, 3.8) is 0 Å². The van der Waals surface area contributed by atoms with E-state index in [0.29, 0.717) is 22.6 Å². The summed E-state index contributed by atoms with van der Waals surface area (Å²) in [6.07, 6.45) is 7.81. The first-order valence-electron chi connectivity index (χ1n) is 13.0. The molecule has 4 aromatic rings. The molecular weight excluding hydrogens is 536 g/mol. The lowest BCUT2D eigenvalue weighted by Gasteiger charge is -2.42. The van der Waals surface area contributed by atoms with Gasteiger partial charge in [0.05, 0.1) is 45.7 Å². The van der Waals surface area contributed by atoms with Crippen molar-refractivity contribution in [1.82, 2.24) is 30.1 Å². The number of sulfonamides is 1. The lowest BCUT2D eigenvalue weighted by atomic mass is 9.62. The van der Waals surface area contributed by atoms with Crippen molar-refractivity contribution in [2.24, 2.45) is 5.92 Å². The molecule has 1 N–H and O–H groups in total. The largest absolute Gasteiger partial charge is 0.261 e. The van der Waals surface area contributed by atoms with E-state index in [4.69, 9.17) is 4.98 Å². The van der Waals surface area contributed by atoms with Crippen LogP contribution in [-0.2, 0) is 15.4 Å². The highest BCUT2D eigenvalue weighted by Crippen LogP contribution is 2.50. The average molecular weight is 566 g/mol. The van der Waals surface area contributed by atoms with Crippen LogP contribution in [0.3, 0.4) is 0 Å². The molecule has 0 saturated carbocycles. The summed E-state index contributed by atoms with van der Waals surface area (Å²) in [5.41, 5.74) is 2.65. The van der Waals surface area contributed by atoms with Gasteiger partial charge in [0.15, 0.2) is 0 Å². The van der Waals surface area contributed by atoms with E-state index in [1.54, 1.807) is 18.5 Å².